The fourth-order valence-corrected chi connectivity index (χ4v) is 2.45. The molecule has 3 heteroatoms. The summed E-state index contributed by atoms with van der Waals surface area (Å²) in [5, 5.41) is 9.44. The zero-order chi connectivity index (χ0) is 13.0. The van der Waals surface area contributed by atoms with Crippen molar-refractivity contribution in [1.82, 2.24) is 4.90 Å². The van der Waals surface area contributed by atoms with Gasteiger partial charge in [0, 0.05) is 19.0 Å². The van der Waals surface area contributed by atoms with E-state index in [9.17, 15) is 9.90 Å². The number of benzene rings is 1. The molecule has 1 fully saturated rings. The van der Waals surface area contributed by atoms with Crippen molar-refractivity contribution in [1.29, 1.82) is 0 Å². The van der Waals surface area contributed by atoms with Gasteiger partial charge in [0.1, 0.15) is 0 Å². The zero-order valence-electron chi connectivity index (χ0n) is 10.9. The first kappa shape index (κ1) is 13.1. The van der Waals surface area contributed by atoms with Gasteiger partial charge in [-0.05, 0) is 24.8 Å². The van der Waals surface area contributed by atoms with Crippen LogP contribution in [0, 0.1) is 5.92 Å². The van der Waals surface area contributed by atoms with Crippen molar-refractivity contribution in [3.05, 3.63) is 35.9 Å². The fraction of sp³-hybridized carbons (Fsp3) is 0.533. The molecule has 1 atom stereocenters. The summed E-state index contributed by atoms with van der Waals surface area (Å²) in [5.74, 6) is 0.230. The van der Waals surface area contributed by atoms with E-state index in [-0.39, 0.29) is 17.9 Å². The largest absolute Gasteiger partial charge is 0.393 e. The van der Waals surface area contributed by atoms with Gasteiger partial charge in [-0.1, -0.05) is 37.3 Å². The lowest BCUT2D eigenvalue weighted by atomic mass is 9.98. The molecule has 0 spiro atoms. The second-order valence-electron chi connectivity index (χ2n) is 5.15. The van der Waals surface area contributed by atoms with Crippen molar-refractivity contribution in [2.24, 2.45) is 5.92 Å². The highest BCUT2D eigenvalue weighted by Gasteiger charge is 2.24. The van der Waals surface area contributed by atoms with E-state index in [0.717, 1.165) is 6.42 Å². The maximum Gasteiger partial charge on any atom is 0.225 e. The number of rotatable bonds is 3. The van der Waals surface area contributed by atoms with Crippen LogP contribution in [0.4, 0.5) is 0 Å². The van der Waals surface area contributed by atoms with Crippen LogP contribution in [-0.4, -0.2) is 35.1 Å². The minimum atomic E-state index is -0.224. The van der Waals surface area contributed by atoms with Crippen LogP contribution in [0.1, 0.15) is 25.3 Å². The highest BCUT2D eigenvalue weighted by Crippen LogP contribution is 2.16. The van der Waals surface area contributed by atoms with Gasteiger partial charge in [-0.3, -0.25) is 4.79 Å². The second kappa shape index (κ2) is 6.01. The number of nitrogens with zero attached hydrogens (tertiary/aromatic N) is 1. The normalized spacial score (nSPS) is 18.7. The molecule has 3 nitrogen and oxygen atoms in total. The Morgan fingerprint density at radius 1 is 1.33 bits per heavy atom. The molecule has 18 heavy (non-hydrogen) atoms. The smallest absolute Gasteiger partial charge is 0.225 e. The summed E-state index contributed by atoms with van der Waals surface area (Å²) in [7, 11) is 0. The fourth-order valence-electron chi connectivity index (χ4n) is 2.45. The van der Waals surface area contributed by atoms with Crippen molar-refractivity contribution in [3.63, 3.8) is 0 Å². The molecular weight excluding hydrogens is 226 g/mol. The van der Waals surface area contributed by atoms with Gasteiger partial charge in [0.15, 0.2) is 0 Å². The van der Waals surface area contributed by atoms with Crippen LogP contribution >= 0.6 is 0 Å². The maximum absolute atomic E-state index is 12.3. The highest BCUT2D eigenvalue weighted by atomic mass is 16.3. The summed E-state index contributed by atoms with van der Waals surface area (Å²) in [5.41, 5.74) is 1.20. The molecule has 1 unspecified atom stereocenters. The number of carbonyl (C=O) groups is 1. The average molecular weight is 247 g/mol. The van der Waals surface area contributed by atoms with Crippen molar-refractivity contribution in [3.8, 4) is 0 Å². The van der Waals surface area contributed by atoms with Crippen LogP contribution in [0.5, 0.6) is 0 Å². The van der Waals surface area contributed by atoms with Crippen LogP contribution < -0.4 is 0 Å². The van der Waals surface area contributed by atoms with Crippen molar-refractivity contribution >= 4 is 5.91 Å². The molecule has 0 aliphatic carbocycles. The predicted octanol–water partition coefficient (Wildman–Crippen LogP) is 1.85. The van der Waals surface area contributed by atoms with Gasteiger partial charge < -0.3 is 10.0 Å². The summed E-state index contributed by atoms with van der Waals surface area (Å²) in [6, 6.07) is 10.1. The summed E-state index contributed by atoms with van der Waals surface area (Å²) in [4.78, 5) is 14.1. The zero-order valence-corrected chi connectivity index (χ0v) is 10.9. The number of piperidine rings is 1. The number of aliphatic hydroxyl groups is 1. The van der Waals surface area contributed by atoms with E-state index in [1.54, 1.807) is 0 Å². The standard InChI is InChI=1S/C15H21NO2/c1-12(11-13-5-3-2-4-6-13)15(18)16-9-7-14(17)8-10-16/h2-6,12,14,17H,7-11H2,1H3. The Labute approximate surface area is 108 Å². The third kappa shape index (κ3) is 3.33. The molecule has 0 radical (unpaired) electrons. The lowest BCUT2D eigenvalue weighted by Crippen LogP contribution is -2.42. The maximum atomic E-state index is 12.3. The molecule has 0 saturated carbocycles. The van der Waals surface area contributed by atoms with E-state index in [4.69, 9.17) is 0 Å². The second-order valence-corrected chi connectivity index (χ2v) is 5.15. The molecule has 1 N–H and O–H groups in total. The van der Waals surface area contributed by atoms with Crippen LogP contribution in [0.25, 0.3) is 0 Å². The number of carbonyl (C=O) groups excluding carboxylic acids is 1. The number of hydrogen-bond donors (Lipinski definition) is 1. The van der Waals surface area contributed by atoms with Gasteiger partial charge in [0.2, 0.25) is 5.91 Å². The first-order chi connectivity index (χ1) is 8.66. The first-order valence-corrected chi connectivity index (χ1v) is 6.67. The van der Waals surface area contributed by atoms with Crippen LogP contribution in [0.3, 0.4) is 0 Å². The van der Waals surface area contributed by atoms with E-state index in [0.29, 0.717) is 25.9 Å². The molecule has 1 aliphatic rings. The summed E-state index contributed by atoms with van der Waals surface area (Å²) in [6.07, 6.45) is 1.99. The number of aliphatic hydroxyl groups excluding tert-OH is 1. The van der Waals surface area contributed by atoms with Crippen LogP contribution in [0.15, 0.2) is 30.3 Å². The number of amides is 1. The van der Waals surface area contributed by atoms with E-state index in [1.165, 1.54) is 5.56 Å². The van der Waals surface area contributed by atoms with E-state index in [1.807, 2.05) is 30.0 Å². The molecule has 1 amide bonds. The molecule has 0 aromatic heterocycles. The van der Waals surface area contributed by atoms with Gasteiger partial charge in [-0.2, -0.15) is 0 Å². The van der Waals surface area contributed by atoms with E-state index < -0.39 is 0 Å². The topological polar surface area (TPSA) is 40.5 Å². The summed E-state index contributed by atoms with van der Waals surface area (Å²) < 4.78 is 0. The van der Waals surface area contributed by atoms with Crippen LogP contribution in [0.2, 0.25) is 0 Å². The molecule has 1 aromatic rings. The minimum absolute atomic E-state index is 0.0163. The Kier molecular flexibility index (Phi) is 4.37. The predicted molar refractivity (Wildman–Crippen MR) is 71.1 cm³/mol. The lowest BCUT2D eigenvalue weighted by molar-refractivity contribution is -0.136. The molecule has 1 aromatic carbocycles. The first-order valence-electron chi connectivity index (χ1n) is 6.67. The van der Waals surface area contributed by atoms with Gasteiger partial charge in [0.25, 0.3) is 0 Å². The van der Waals surface area contributed by atoms with Crippen molar-refractivity contribution in [2.45, 2.75) is 32.3 Å². The molecule has 1 heterocycles. The number of hydrogen-bond acceptors (Lipinski definition) is 2. The van der Waals surface area contributed by atoms with Crippen molar-refractivity contribution < 1.29 is 9.90 Å². The highest BCUT2D eigenvalue weighted by molar-refractivity contribution is 5.78. The molecule has 0 bridgehead atoms. The third-order valence-corrected chi connectivity index (χ3v) is 3.58. The molecule has 1 saturated heterocycles. The molecule has 1 aliphatic heterocycles. The third-order valence-electron chi connectivity index (χ3n) is 3.58. The van der Waals surface area contributed by atoms with E-state index >= 15 is 0 Å². The average Bonchev–Trinajstić information content (AvgIpc) is 2.40. The Morgan fingerprint density at radius 2 is 1.94 bits per heavy atom. The Bertz CT molecular complexity index is 383. The Morgan fingerprint density at radius 3 is 2.56 bits per heavy atom. The monoisotopic (exact) mass is 247 g/mol. The van der Waals surface area contributed by atoms with Gasteiger partial charge in [-0.15, -0.1) is 0 Å². The van der Waals surface area contributed by atoms with Gasteiger partial charge >= 0.3 is 0 Å². The Hall–Kier alpha value is -1.35. The quantitative estimate of drug-likeness (QED) is 0.885. The molecule has 98 valence electrons. The Balaban J connectivity index is 1.89. The number of likely N-dealkylation sites (tertiary alicyclic amines) is 1. The van der Waals surface area contributed by atoms with Gasteiger partial charge in [-0.25, -0.2) is 0 Å². The molecular formula is C15H21NO2. The summed E-state index contributed by atoms with van der Waals surface area (Å²) >= 11 is 0. The van der Waals surface area contributed by atoms with E-state index in [2.05, 4.69) is 12.1 Å². The molecule has 2 rings (SSSR count). The van der Waals surface area contributed by atoms with Gasteiger partial charge in [0.05, 0.1) is 6.10 Å². The lowest BCUT2D eigenvalue weighted by Gasteiger charge is -2.31. The summed E-state index contributed by atoms with van der Waals surface area (Å²) in [6.45, 7) is 3.37. The van der Waals surface area contributed by atoms with Crippen molar-refractivity contribution in [2.75, 3.05) is 13.1 Å². The SMILES string of the molecule is CC(Cc1ccccc1)C(=O)N1CCC(O)CC1. The van der Waals surface area contributed by atoms with Crippen LogP contribution in [-0.2, 0) is 11.2 Å². The minimum Gasteiger partial charge on any atom is -0.393 e.